The van der Waals surface area contributed by atoms with E-state index in [9.17, 15) is 22.4 Å². The van der Waals surface area contributed by atoms with Crippen LogP contribution in [0.2, 0.25) is 0 Å². The Morgan fingerprint density at radius 2 is 1.57 bits per heavy atom. The predicted molar refractivity (Wildman–Crippen MR) is 115 cm³/mol. The van der Waals surface area contributed by atoms with Gasteiger partial charge in [-0.3, -0.25) is 13.9 Å². The van der Waals surface area contributed by atoms with Gasteiger partial charge in [-0.1, -0.05) is 6.07 Å². The highest BCUT2D eigenvalue weighted by Crippen LogP contribution is 2.27. The van der Waals surface area contributed by atoms with Gasteiger partial charge in [-0.05, 0) is 60.0 Å². The molecule has 30 heavy (non-hydrogen) atoms. The summed E-state index contributed by atoms with van der Waals surface area (Å²) < 4.78 is 40.4. The number of carbonyl (C=O) groups is 2. The second-order valence-electron chi connectivity index (χ2n) is 6.23. The third kappa shape index (κ3) is 5.22. The second-order valence-corrected chi connectivity index (χ2v) is 9.26. The standard InChI is InChI=1S/C20H18FN3O4S2/c1-14(25)22-16-6-8-17(9-7-16)23-19(26)13-24(18-10-4-15(21)5-11-18)30(27,28)20-3-2-12-29-20/h2-12H,13H2,1H3,(H,22,25)(H,23,26). The smallest absolute Gasteiger partial charge is 0.274 e. The molecule has 2 N–H and O–H groups in total. The highest BCUT2D eigenvalue weighted by Gasteiger charge is 2.28. The molecule has 3 rings (SSSR count). The van der Waals surface area contributed by atoms with Crippen LogP contribution in [0.1, 0.15) is 6.92 Å². The number of nitrogens with one attached hydrogen (secondary N) is 2. The molecular weight excluding hydrogens is 429 g/mol. The number of sulfonamides is 1. The lowest BCUT2D eigenvalue weighted by atomic mass is 10.2. The van der Waals surface area contributed by atoms with Crippen molar-refractivity contribution in [3.05, 3.63) is 71.9 Å². The predicted octanol–water partition coefficient (Wildman–Crippen LogP) is 3.68. The molecule has 2 amide bonds. The Kier molecular flexibility index (Phi) is 6.48. The van der Waals surface area contributed by atoms with Crippen LogP contribution in [-0.4, -0.2) is 26.8 Å². The van der Waals surface area contributed by atoms with Gasteiger partial charge in [-0.2, -0.15) is 0 Å². The van der Waals surface area contributed by atoms with E-state index in [1.54, 1.807) is 35.7 Å². The van der Waals surface area contributed by atoms with E-state index in [2.05, 4.69) is 10.6 Å². The molecule has 0 fully saturated rings. The zero-order valence-electron chi connectivity index (χ0n) is 15.8. The van der Waals surface area contributed by atoms with E-state index in [0.29, 0.717) is 11.4 Å². The van der Waals surface area contributed by atoms with Gasteiger partial charge < -0.3 is 10.6 Å². The lowest BCUT2D eigenvalue weighted by molar-refractivity contribution is -0.115. The van der Waals surface area contributed by atoms with Gasteiger partial charge in [0.1, 0.15) is 16.6 Å². The zero-order chi connectivity index (χ0) is 21.7. The average Bonchev–Trinajstić information content (AvgIpc) is 3.24. The monoisotopic (exact) mass is 447 g/mol. The van der Waals surface area contributed by atoms with Crippen LogP contribution in [0.3, 0.4) is 0 Å². The molecule has 0 atom stereocenters. The molecule has 0 aliphatic rings. The molecule has 10 heteroatoms. The van der Waals surface area contributed by atoms with Crippen LogP contribution >= 0.6 is 11.3 Å². The van der Waals surface area contributed by atoms with Gasteiger partial charge in [0.25, 0.3) is 10.0 Å². The fourth-order valence-corrected chi connectivity index (χ4v) is 5.14. The number of anilines is 3. The van der Waals surface area contributed by atoms with Crippen molar-refractivity contribution >= 4 is 50.2 Å². The number of benzene rings is 2. The maximum absolute atomic E-state index is 13.3. The van der Waals surface area contributed by atoms with E-state index in [1.807, 2.05) is 0 Å². The van der Waals surface area contributed by atoms with Crippen molar-refractivity contribution in [2.45, 2.75) is 11.1 Å². The topological polar surface area (TPSA) is 95.6 Å². The third-order valence-corrected chi connectivity index (χ3v) is 7.08. The quantitative estimate of drug-likeness (QED) is 0.578. The summed E-state index contributed by atoms with van der Waals surface area (Å²) in [4.78, 5) is 23.7. The summed E-state index contributed by atoms with van der Waals surface area (Å²) in [7, 11) is -4.01. The fraction of sp³-hybridized carbons (Fsp3) is 0.100. The number of halogens is 1. The van der Waals surface area contributed by atoms with Gasteiger partial charge in [0.05, 0.1) is 5.69 Å². The molecule has 3 aromatic rings. The SMILES string of the molecule is CC(=O)Nc1ccc(NC(=O)CN(c2ccc(F)cc2)S(=O)(=O)c2cccs2)cc1. The Morgan fingerprint density at radius 1 is 0.967 bits per heavy atom. The molecule has 156 valence electrons. The van der Waals surface area contributed by atoms with E-state index in [0.717, 1.165) is 27.8 Å². The summed E-state index contributed by atoms with van der Waals surface area (Å²) in [6, 6.07) is 14.3. The number of amides is 2. The summed E-state index contributed by atoms with van der Waals surface area (Å²) in [5.41, 5.74) is 1.16. The fourth-order valence-electron chi connectivity index (χ4n) is 2.61. The molecule has 2 aromatic carbocycles. The van der Waals surface area contributed by atoms with Gasteiger partial charge in [0.2, 0.25) is 11.8 Å². The zero-order valence-corrected chi connectivity index (χ0v) is 17.5. The minimum absolute atomic E-state index is 0.0688. The molecule has 0 bridgehead atoms. The average molecular weight is 448 g/mol. The minimum atomic E-state index is -4.01. The number of hydrogen-bond acceptors (Lipinski definition) is 5. The van der Waals surface area contributed by atoms with Crippen molar-refractivity contribution in [3.8, 4) is 0 Å². The molecule has 1 aromatic heterocycles. The summed E-state index contributed by atoms with van der Waals surface area (Å²) in [5.74, 6) is -1.32. The molecule has 0 saturated carbocycles. The summed E-state index contributed by atoms with van der Waals surface area (Å²) in [6.45, 7) is 0.882. The number of rotatable bonds is 7. The van der Waals surface area contributed by atoms with Crippen molar-refractivity contribution in [2.75, 3.05) is 21.5 Å². The van der Waals surface area contributed by atoms with Crippen LogP contribution in [-0.2, 0) is 19.6 Å². The summed E-state index contributed by atoms with van der Waals surface area (Å²) >= 11 is 1.02. The van der Waals surface area contributed by atoms with Crippen LogP contribution in [0, 0.1) is 5.82 Å². The largest absolute Gasteiger partial charge is 0.326 e. The van der Waals surface area contributed by atoms with E-state index in [1.165, 1.54) is 25.1 Å². The molecule has 0 unspecified atom stereocenters. The molecule has 1 heterocycles. The lowest BCUT2D eigenvalue weighted by Crippen LogP contribution is -2.37. The van der Waals surface area contributed by atoms with Crippen molar-refractivity contribution in [1.29, 1.82) is 0 Å². The van der Waals surface area contributed by atoms with Gasteiger partial charge in [0.15, 0.2) is 0 Å². The number of carbonyl (C=O) groups excluding carboxylic acids is 2. The Labute approximate surface area is 177 Å². The summed E-state index contributed by atoms with van der Waals surface area (Å²) in [5, 5.41) is 6.85. The lowest BCUT2D eigenvalue weighted by Gasteiger charge is -2.23. The number of hydrogen-bond donors (Lipinski definition) is 2. The van der Waals surface area contributed by atoms with Crippen molar-refractivity contribution in [1.82, 2.24) is 0 Å². The van der Waals surface area contributed by atoms with Crippen molar-refractivity contribution in [2.24, 2.45) is 0 Å². The second kappa shape index (κ2) is 9.06. The third-order valence-electron chi connectivity index (χ3n) is 3.93. The van der Waals surface area contributed by atoms with Gasteiger partial charge in [0, 0.05) is 18.3 Å². The van der Waals surface area contributed by atoms with E-state index in [-0.39, 0.29) is 15.8 Å². The summed E-state index contributed by atoms with van der Waals surface area (Å²) in [6.07, 6.45) is 0. The maximum Gasteiger partial charge on any atom is 0.274 e. The highest BCUT2D eigenvalue weighted by atomic mass is 32.2. The van der Waals surface area contributed by atoms with E-state index < -0.39 is 28.3 Å². The van der Waals surface area contributed by atoms with Gasteiger partial charge >= 0.3 is 0 Å². The Morgan fingerprint density at radius 3 is 2.10 bits per heavy atom. The molecule has 0 radical (unpaired) electrons. The first-order chi connectivity index (χ1) is 14.3. The van der Waals surface area contributed by atoms with E-state index >= 15 is 0 Å². The maximum atomic E-state index is 13.3. The first-order valence-electron chi connectivity index (χ1n) is 8.75. The number of thiophene rings is 1. The van der Waals surface area contributed by atoms with Crippen LogP contribution in [0.5, 0.6) is 0 Å². The molecule has 0 aliphatic carbocycles. The van der Waals surface area contributed by atoms with Crippen LogP contribution in [0.15, 0.2) is 70.3 Å². The molecule has 0 saturated heterocycles. The van der Waals surface area contributed by atoms with Crippen LogP contribution in [0.25, 0.3) is 0 Å². The van der Waals surface area contributed by atoms with Gasteiger partial charge in [-0.25, -0.2) is 12.8 Å². The van der Waals surface area contributed by atoms with Crippen molar-refractivity contribution in [3.63, 3.8) is 0 Å². The first-order valence-corrected chi connectivity index (χ1v) is 11.1. The van der Waals surface area contributed by atoms with E-state index in [4.69, 9.17) is 0 Å². The normalized spacial score (nSPS) is 11.0. The first kappa shape index (κ1) is 21.5. The molecule has 7 nitrogen and oxygen atoms in total. The highest BCUT2D eigenvalue weighted by molar-refractivity contribution is 7.94. The van der Waals surface area contributed by atoms with Crippen LogP contribution < -0.4 is 14.9 Å². The minimum Gasteiger partial charge on any atom is -0.326 e. The van der Waals surface area contributed by atoms with Gasteiger partial charge in [-0.15, -0.1) is 11.3 Å². The Balaban J connectivity index is 1.81. The van der Waals surface area contributed by atoms with Crippen molar-refractivity contribution < 1.29 is 22.4 Å². The Hall–Kier alpha value is -3.24. The number of nitrogens with zero attached hydrogens (tertiary/aromatic N) is 1. The Bertz CT molecular complexity index is 1130. The molecule has 0 aliphatic heterocycles. The molecule has 0 spiro atoms. The van der Waals surface area contributed by atoms with Crippen LogP contribution in [0.4, 0.5) is 21.5 Å². The molecular formula is C20H18FN3O4S2.